The Labute approximate surface area is 246 Å². The van der Waals surface area contributed by atoms with Crippen LogP contribution in [0.2, 0.25) is 0 Å². The van der Waals surface area contributed by atoms with E-state index >= 15 is 0 Å². The molecule has 227 valence electrons. The Morgan fingerprint density at radius 2 is 1.91 bits per heavy atom. The number of rotatable bonds is 8. The zero-order valence-corrected chi connectivity index (χ0v) is 23.7. The molecule has 4 aromatic rings. The number of aliphatic hydroxyl groups excluding tert-OH is 1. The van der Waals surface area contributed by atoms with E-state index in [9.17, 15) is 18.3 Å². The summed E-state index contributed by atoms with van der Waals surface area (Å²) in [6, 6.07) is 6.33. The number of fused-ring (bicyclic) bond motifs is 1. The number of hydrogen-bond acceptors (Lipinski definition) is 8. The fourth-order valence-electron chi connectivity index (χ4n) is 6.58. The number of nitrogens with one attached hydrogen (secondary N) is 1. The molecule has 1 saturated carbocycles. The summed E-state index contributed by atoms with van der Waals surface area (Å²) >= 11 is 0. The molecular weight excluding hydrogens is 561 g/mol. The molecule has 3 aliphatic rings. The van der Waals surface area contributed by atoms with Crippen LogP contribution in [0, 0.1) is 6.04 Å². The number of hydrogen-bond donors (Lipinski definition) is 2. The highest BCUT2D eigenvalue weighted by atomic mass is 19.4. The second-order valence-corrected chi connectivity index (χ2v) is 11.8. The molecule has 0 unspecified atom stereocenters. The van der Waals surface area contributed by atoms with E-state index < -0.39 is 11.9 Å². The van der Waals surface area contributed by atoms with E-state index in [1.165, 1.54) is 6.04 Å². The summed E-state index contributed by atoms with van der Waals surface area (Å²) in [5.74, 6) is 0.0253. The number of likely N-dealkylation sites (tertiary alicyclic amines) is 2. The van der Waals surface area contributed by atoms with Crippen molar-refractivity contribution in [2.75, 3.05) is 26.2 Å². The molecule has 10 nitrogen and oxygen atoms in total. The fraction of sp³-hybridized carbons (Fsp3) is 0.500. The van der Waals surface area contributed by atoms with Crippen LogP contribution < -0.4 is 4.74 Å². The van der Waals surface area contributed by atoms with E-state index in [0.29, 0.717) is 18.2 Å². The van der Waals surface area contributed by atoms with Gasteiger partial charge in [0.1, 0.15) is 23.8 Å². The predicted octanol–water partition coefficient (Wildman–Crippen LogP) is 4.28. The lowest BCUT2D eigenvalue weighted by molar-refractivity contribution is -0.141. The van der Waals surface area contributed by atoms with Crippen LogP contribution in [0.5, 0.6) is 5.88 Å². The van der Waals surface area contributed by atoms with Crippen LogP contribution in [0.25, 0.3) is 22.3 Å². The molecule has 43 heavy (non-hydrogen) atoms. The maximum absolute atomic E-state index is 13.7. The zero-order valence-electron chi connectivity index (χ0n) is 23.7. The van der Waals surface area contributed by atoms with Crippen molar-refractivity contribution in [1.29, 1.82) is 0 Å². The van der Waals surface area contributed by atoms with Gasteiger partial charge in [0.25, 0.3) is 0 Å². The van der Waals surface area contributed by atoms with Gasteiger partial charge in [-0.15, -0.1) is 0 Å². The Kier molecular flexibility index (Phi) is 7.56. The largest absolute Gasteiger partial charge is 0.474 e. The van der Waals surface area contributed by atoms with E-state index in [4.69, 9.17) is 4.74 Å². The molecule has 6 heterocycles. The minimum Gasteiger partial charge on any atom is -0.474 e. The van der Waals surface area contributed by atoms with E-state index in [2.05, 4.69) is 29.9 Å². The van der Waals surface area contributed by atoms with Gasteiger partial charge in [-0.1, -0.05) is 0 Å². The number of pyridine rings is 1. The predicted molar refractivity (Wildman–Crippen MR) is 152 cm³/mol. The molecule has 4 aromatic heterocycles. The molecule has 3 fully saturated rings. The fourth-order valence-corrected chi connectivity index (χ4v) is 6.58. The Balaban J connectivity index is 0.938. The van der Waals surface area contributed by atoms with Crippen molar-refractivity contribution in [3.63, 3.8) is 0 Å². The lowest BCUT2D eigenvalue weighted by atomic mass is 9.84. The number of H-pyrrole nitrogens is 1. The van der Waals surface area contributed by atoms with Gasteiger partial charge in [-0.2, -0.15) is 18.3 Å². The maximum Gasteiger partial charge on any atom is 0.433 e. The van der Waals surface area contributed by atoms with Gasteiger partial charge in [0.15, 0.2) is 0 Å². The summed E-state index contributed by atoms with van der Waals surface area (Å²) in [6.07, 6.45) is 7.56. The highest BCUT2D eigenvalue weighted by Gasteiger charge is 2.38. The molecule has 13 heteroatoms. The van der Waals surface area contributed by atoms with Crippen molar-refractivity contribution >= 4 is 11.0 Å². The quantitative estimate of drug-likeness (QED) is 0.311. The molecule has 0 aromatic carbocycles. The van der Waals surface area contributed by atoms with Gasteiger partial charge < -0.3 is 14.8 Å². The first-order valence-corrected chi connectivity index (χ1v) is 14.9. The van der Waals surface area contributed by atoms with Gasteiger partial charge in [-0.05, 0) is 62.8 Å². The van der Waals surface area contributed by atoms with Crippen molar-refractivity contribution in [3.05, 3.63) is 60.4 Å². The molecular formula is C30H34F3N8O2. The molecule has 0 spiro atoms. The second kappa shape index (κ2) is 11.5. The van der Waals surface area contributed by atoms with Crippen LogP contribution in [0.3, 0.4) is 0 Å². The number of aromatic nitrogens is 6. The summed E-state index contributed by atoms with van der Waals surface area (Å²) in [4.78, 5) is 20.1. The Hall–Kier alpha value is -3.55. The van der Waals surface area contributed by atoms with Gasteiger partial charge in [0, 0.05) is 61.1 Å². The van der Waals surface area contributed by atoms with E-state index in [1.54, 1.807) is 12.4 Å². The lowest BCUT2D eigenvalue weighted by Gasteiger charge is -2.45. The van der Waals surface area contributed by atoms with E-state index in [1.807, 2.05) is 34.2 Å². The number of aromatic amines is 1. The van der Waals surface area contributed by atoms with E-state index in [0.717, 1.165) is 86.5 Å². The monoisotopic (exact) mass is 595 g/mol. The van der Waals surface area contributed by atoms with Gasteiger partial charge in [0.05, 0.1) is 24.5 Å². The second-order valence-electron chi connectivity index (χ2n) is 11.8. The first-order chi connectivity index (χ1) is 20.8. The van der Waals surface area contributed by atoms with E-state index in [-0.39, 0.29) is 24.6 Å². The third kappa shape index (κ3) is 5.85. The number of halogens is 3. The van der Waals surface area contributed by atoms with Crippen LogP contribution in [0.15, 0.2) is 43.1 Å². The van der Waals surface area contributed by atoms with Crippen LogP contribution in [-0.2, 0) is 12.7 Å². The third-order valence-corrected chi connectivity index (χ3v) is 9.00. The van der Waals surface area contributed by atoms with Gasteiger partial charge in [0.2, 0.25) is 5.88 Å². The average molecular weight is 596 g/mol. The molecule has 0 bridgehead atoms. The number of nitrogens with zero attached hydrogens (tertiary/aromatic N) is 7. The SMILES string of the molecule is OC[C@@H]1CCCN1Cc1cc(OC2CCN(C3C[C](n4cc(-c5ncnc6[nH]ccc56)cn4)C3)CC2)nc(C(F)(F)F)c1. The minimum absolute atomic E-state index is 0.00277. The Morgan fingerprint density at radius 3 is 2.70 bits per heavy atom. The first kappa shape index (κ1) is 28.2. The van der Waals surface area contributed by atoms with Crippen LogP contribution in [0.4, 0.5) is 13.2 Å². The molecule has 0 amide bonds. The number of alkyl halides is 3. The lowest BCUT2D eigenvalue weighted by Crippen LogP contribution is -2.50. The summed E-state index contributed by atoms with van der Waals surface area (Å²) in [5, 5.41) is 15.2. The van der Waals surface area contributed by atoms with Crippen LogP contribution in [-0.4, -0.2) is 89.1 Å². The molecule has 7 rings (SSSR count). The summed E-state index contributed by atoms with van der Waals surface area (Å²) in [7, 11) is 0. The highest BCUT2D eigenvalue weighted by Crippen LogP contribution is 2.38. The van der Waals surface area contributed by atoms with Crippen LogP contribution in [0.1, 0.15) is 49.8 Å². The molecule has 1 radical (unpaired) electrons. The topological polar surface area (TPSA) is 108 Å². The number of ether oxygens (including phenoxy) is 1. The van der Waals surface area contributed by atoms with Crippen LogP contribution >= 0.6 is 0 Å². The van der Waals surface area contributed by atoms with Crippen molar-refractivity contribution in [2.24, 2.45) is 0 Å². The Bertz CT molecular complexity index is 1560. The first-order valence-electron chi connectivity index (χ1n) is 14.9. The average Bonchev–Trinajstić information content (AvgIpc) is 3.74. The summed E-state index contributed by atoms with van der Waals surface area (Å²) in [6.45, 7) is 2.72. The van der Waals surface area contributed by atoms with Gasteiger partial charge in [-0.25, -0.2) is 15.0 Å². The zero-order chi connectivity index (χ0) is 29.6. The molecule has 2 saturated heterocycles. The van der Waals surface area contributed by atoms with Crippen molar-refractivity contribution in [3.8, 4) is 17.1 Å². The minimum atomic E-state index is -4.56. The van der Waals surface area contributed by atoms with Crippen molar-refractivity contribution < 1.29 is 23.0 Å². The number of aliphatic hydroxyl groups is 1. The summed E-state index contributed by atoms with van der Waals surface area (Å²) in [5.41, 5.74) is 2.16. The summed E-state index contributed by atoms with van der Waals surface area (Å²) < 4.78 is 49.0. The molecule has 2 N–H and O–H groups in total. The Morgan fingerprint density at radius 1 is 1.07 bits per heavy atom. The highest BCUT2D eigenvalue weighted by molar-refractivity contribution is 5.90. The molecule has 1 aliphatic carbocycles. The van der Waals surface area contributed by atoms with Gasteiger partial charge in [-0.3, -0.25) is 14.5 Å². The van der Waals surface area contributed by atoms with Crippen molar-refractivity contribution in [1.82, 2.24) is 39.5 Å². The molecule has 1 atom stereocenters. The van der Waals surface area contributed by atoms with Gasteiger partial charge >= 0.3 is 6.18 Å². The number of piperidine rings is 1. The molecule has 2 aliphatic heterocycles. The smallest absolute Gasteiger partial charge is 0.433 e. The normalized spacial score (nSPS) is 21.5. The van der Waals surface area contributed by atoms with Crippen molar-refractivity contribution in [2.45, 2.75) is 69.4 Å². The third-order valence-electron chi connectivity index (χ3n) is 9.00. The maximum atomic E-state index is 13.7. The standard InChI is InChI=1S/C30H34F3N8O2/c31-30(32,33)26-10-19(15-40-7-1-2-21(40)17-42)11-27(38-26)43-24-4-8-39(9-5-24)22-12-23(13-22)41-16-20(14-37-41)28-25-3-6-34-29(25)36-18-35-28/h3,6,10-11,14,16,18,21-22,24,42H,1-2,4-5,7-9,12-13,15,17H2,(H,34,35,36)/t21-/m0/s1.